The molecule has 0 bridgehead atoms. The maximum absolute atomic E-state index is 14.7. The number of amides is 1. The maximum atomic E-state index is 14.7. The van der Waals surface area contributed by atoms with E-state index < -0.39 is 11.2 Å². The lowest BCUT2D eigenvalue weighted by molar-refractivity contribution is 0.0930. The zero-order valence-electron chi connectivity index (χ0n) is 13.6. The number of anilines is 1. The normalized spacial score (nSPS) is 22.8. The lowest BCUT2D eigenvalue weighted by Gasteiger charge is -2.36. The van der Waals surface area contributed by atoms with E-state index in [2.05, 4.69) is 25.9 Å². The van der Waals surface area contributed by atoms with Crippen LogP contribution in [0.15, 0.2) is 24.4 Å². The quantitative estimate of drug-likeness (QED) is 0.775. The van der Waals surface area contributed by atoms with E-state index in [-0.39, 0.29) is 23.5 Å². The topological polar surface area (TPSA) is 78.9 Å². The number of aromatic nitrogens is 2. The Morgan fingerprint density at radius 2 is 2.20 bits per heavy atom. The molecular formula is C17H17ClFN5O. The van der Waals surface area contributed by atoms with Gasteiger partial charge in [0, 0.05) is 31.4 Å². The molecule has 0 radical (unpaired) electrons. The van der Waals surface area contributed by atoms with Crippen LogP contribution < -0.4 is 16.0 Å². The van der Waals surface area contributed by atoms with E-state index in [4.69, 9.17) is 11.6 Å². The highest BCUT2D eigenvalue weighted by Crippen LogP contribution is 2.38. The van der Waals surface area contributed by atoms with Gasteiger partial charge >= 0.3 is 0 Å². The van der Waals surface area contributed by atoms with Crippen LogP contribution in [-0.4, -0.2) is 41.6 Å². The van der Waals surface area contributed by atoms with E-state index in [0.717, 1.165) is 13.1 Å². The first-order valence-corrected chi connectivity index (χ1v) is 8.44. The largest absolute Gasteiger partial charge is 0.351 e. The lowest BCUT2D eigenvalue weighted by Crippen LogP contribution is -2.52. The van der Waals surface area contributed by atoms with Crippen molar-refractivity contribution in [3.8, 4) is 0 Å². The van der Waals surface area contributed by atoms with Crippen molar-refractivity contribution < 1.29 is 9.18 Å². The molecule has 2 aromatic rings. The van der Waals surface area contributed by atoms with E-state index in [0.29, 0.717) is 22.8 Å². The molecule has 3 N–H and O–H groups in total. The molecule has 8 heteroatoms. The van der Waals surface area contributed by atoms with Crippen molar-refractivity contribution >= 4 is 23.5 Å². The first-order valence-electron chi connectivity index (χ1n) is 8.06. The van der Waals surface area contributed by atoms with Gasteiger partial charge in [0.15, 0.2) is 0 Å². The molecule has 1 atom stereocenters. The van der Waals surface area contributed by atoms with Gasteiger partial charge in [-0.2, -0.15) is 0 Å². The Labute approximate surface area is 149 Å². The summed E-state index contributed by atoms with van der Waals surface area (Å²) in [4.78, 5) is 21.0. The minimum atomic E-state index is -0.838. The van der Waals surface area contributed by atoms with Gasteiger partial charge in [0.1, 0.15) is 5.82 Å². The molecule has 1 amide bonds. The van der Waals surface area contributed by atoms with Crippen molar-refractivity contribution in [1.82, 2.24) is 20.6 Å². The van der Waals surface area contributed by atoms with E-state index in [1.807, 2.05) is 6.92 Å². The van der Waals surface area contributed by atoms with Gasteiger partial charge in [-0.15, -0.1) is 0 Å². The highest BCUT2D eigenvalue weighted by atomic mass is 35.5. The van der Waals surface area contributed by atoms with E-state index in [1.165, 1.54) is 12.3 Å². The second-order valence-corrected chi connectivity index (χ2v) is 6.98. The molecule has 0 aliphatic carbocycles. The molecule has 2 aliphatic rings. The predicted molar refractivity (Wildman–Crippen MR) is 92.5 cm³/mol. The molecule has 130 valence electrons. The third-order valence-corrected chi connectivity index (χ3v) is 5.11. The number of halogens is 2. The summed E-state index contributed by atoms with van der Waals surface area (Å²) in [5.41, 5.74) is 0.416. The van der Waals surface area contributed by atoms with Gasteiger partial charge in [0.2, 0.25) is 5.95 Å². The number of rotatable bonds is 3. The summed E-state index contributed by atoms with van der Waals surface area (Å²) in [6.07, 6.45) is 1.49. The Balaban J connectivity index is 1.83. The first-order chi connectivity index (χ1) is 12.0. The van der Waals surface area contributed by atoms with Gasteiger partial charge in [0.05, 0.1) is 27.7 Å². The molecule has 1 fully saturated rings. The van der Waals surface area contributed by atoms with Crippen LogP contribution in [0.1, 0.15) is 28.5 Å². The van der Waals surface area contributed by atoms with E-state index >= 15 is 0 Å². The molecule has 25 heavy (non-hydrogen) atoms. The number of carbonyl (C=O) groups excluding carboxylic acids is 1. The Hall–Kier alpha value is -2.25. The highest BCUT2D eigenvalue weighted by Gasteiger charge is 2.41. The fourth-order valence-electron chi connectivity index (χ4n) is 3.20. The van der Waals surface area contributed by atoms with Crippen molar-refractivity contribution in [3.05, 3.63) is 52.1 Å². The van der Waals surface area contributed by atoms with Crippen LogP contribution in [-0.2, 0) is 5.41 Å². The monoisotopic (exact) mass is 361 g/mol. The van der Waals surface area contributed by atoms with Gasteiger partial charge in [-0.05, 0) is 13.0 Å². The highest BCUT2D eigenvalue weighted by molar-refractivity contribution is 6.30. The molecular weight excluding hydrogens is 345 g/mol. The second kappa shape index (κ2) is 5.93. The van der Waals surface area contributed by atoms with Gasteiger partial charge in [-0.25, -0.2) is 14.4 Å². The van der Waals surface area contributed by atoms with Crippen molar-refractivity contribution in [3.63, 3.8) is 0 Å². The summed E-state index contributed by atoms with van der Waals surface area (Å²) >= 11 is 5.96. The minimum absolute atomic E-state index is 0.0464. The smallest absolute Gasteiger partial charge is 0.254 e. The zero-order valence-corrected chi connectivity index (χ0v) is 14.3. The summed E-state index contributed by atoms with van der Waals surface area (Å²) < 4.78 is 14.7. The number of fused-ring (bicyclic) bond motifs is 1. The number of hydrogen-bond donors (Lipinski definition) is 3. The van der Waals surface area contributed by atoms with Crippen LogP contribution in [0.4, 0.5) is 10.3 Å². The predicted octanol–water partition coefficient (Wildman–Crippen LogP) is 1.70. The van der Waals surface area contributed by atoms with Gasteiger partial charge in [-0.1, -0.05) is 23.7 Å². The molecule has 6 nitrogen and oxygen atoms in total. The summed E-state index contributed by atoms with van der Waals surface area (Å²) in [6, 6.07) is 5.13. The number of hydrogen-bond acceptors (Lipinski definition) is 5. The minimum Gasteiger partial charge on any atom is -0.351 e. The number of carbonyl (C=O) groups is 1. The van der Waals surface area contributed by atoms with Gasteiger partial charge in [-0.3, -0.25) is 4.79 Å². The van der Waals surface area contributed by atoms with E-state index in [9.17, 15) is 9.18 Å². The van der Waals surface area contributed by atoms with E-state index in [1.54, 1.807) is 12.1 Å². The van der Waals surface area contributed by atoms with Crippen molar-refractivity contribution in [2.45, 2.75) is 18.4 Å². The number of nitrogens with zero attached hydrogens (tertiary/aromatic N) is 2. The number of benzene rings is 1. The van der Waals surface area contributed by atoms with Crippen LogP contribution >= 0.6 is 11.6 Å². The SMILES string of the molecule is CC1(c2cccc(Cl)c2F)CNC(=O)c2cnc(NC3CNC3)nc21. The third kappa shape index (κ3) is 2.63. The van der Waals surface area contributed by atoms with Crippen LogP contribution in [0.2, 0.25) is 5.02 Å². The summed E-state index contributed by atoms with van der Waals surface area (Å²) in [5.74, 6) is -0.314. The molecule has 2 aliphatic heterocycles. The van der Waals surface area contributed by atoms with Crippen molar-refractivity contribution in [2.75, 3.05) is 25.0 Å². The van der Waals surface area contributed by atoms with Crippen molar-refractivity contribution in [1.29, 1.82) is 0 Å². The first kappa shape index (κ1) is 16.2. The summed E-state index contributed by atoms with van der Waals surface area (Å²) in [7, 11) is 0. The third-order valence-electron chi connectivity index (χ3n) is 4.82. The second-order valence-electron chi connectivity index (χ2n) is 6.57. The fourth-order valence-corrected chi connectivity index (χ4v) is 3.37. The molecule has 3 heterocycles. The summed E-state index contributed by atoms with van der Waals surface area (Å²) in [6.45, 7) is 3.75. The van der Waals surface area contributed by atoms with Crippen LogP contribution in [0, 0.1) is 5.82 Å². The standard InChI is InChI=1S/C17H17ClFN5O/c1-17(11-3-2-4-12(18)13(11)19)8-22-15(25)10-7-21-16(24-14(10)17)23-9-5-20-6-9/h2-4,7,9,20H,5-6,8H2,1H3,(H,22,25)(H,21,23,24). The molecule has 0 spiro atoms. The molecule has 1 saturated heterocycles. The number of nitrogens with one attached hydrogen (secondary N) is 3. The molecule has 1 aromatic carbocycles. The average molecular weight is 362 g/mol. The summed E-state index contributed by atoms with van der Waals surface area (Å²) in [5, 5.41) is 9.23. The van der Waals surface area contributed by atoms with Crippen LogP contribution in [0.25, 0.3) is 0 Å². The Kier molecular flexibility index (Phi) is 3.85. The van der Waals surface area contributed by atoms with Crippen LogP contribution in [0.3, 0.4) is 0 Å². The Bertz CT molecular complexity index is 857. The van der Waals surface area contributed by atoms with Crippen molar-refractivity contribution in [2.24, 2.45) is 0 Å². The zero-order chi connectivity index (χ0) is 17.6. The lowest BCUT2D eigenvalue weighted by atomic mass is 9.75. The van der Waals surface area contributed by atoms with Gasteiger partial charge < -0.3 is 16.0 Å². The molecule has 4 rings (SSSR count). The molecule has 1 unspecified atom stereocenters. The molecule has 1 aromatic heterocycles. The Morgan fingerprint density at radius 1 is 1.40 bits per heavy atom. The average Bonchev–Trinajstić information content (AvgIpc) is 2.57. The fraction of sp³-hybridized carbons (Fsp3) is 0.353. The van der Waals surface area contributed by atoms with Crippen LogP contribution in [0.5, 0.6) is 0 Å². The Morgan fingerprint density at radius 3 is 2.92 bits per heavy atom. The van der Waals surface area contributed by atoms with Gasteiger partial charge in [0.25, 0.3) is 5.91 Å². The maximum Gasteiger partial charge on any atom is 0.254 e. The molecule has 0 saturated carbocycles.